The van der Waals surface area contributed by atoms with Gasteiger partial charge < -0.3 is 23.7 Å². The van der Waals surface area contributed by atoms with Crippen LogP contribution < -0.4 is 0 Å². The summed E-state index contributed by atoms with van der Waals surface area (Å²) in [6.45, 7) is 7.27. The summed E-state index contributed by atoms with van der Waals surface area (Å²) in [6, 6.07) is 0. The van der Waals surface area contributed by atoms with Crippen molar-refractivity contribution < 1.29 is 23.7 Å². The van der Waals surface area contributed by atoms with Crippen molar-refractivity contribution in [3.05, 3.63) is 0 Å². The third kappa shape index (κ3) is 2.89. The van der Waals surface area contributed by atoms with Gasteiger partial charge in [-0.2, -0.15) is 0 Å². The smallest absolute Gasteiger partial charge is 0.216 e. The maximum Gasteiger partial charge on any atom is 0.216 e. The predicted octanol–water partition coefficient (Wildman–Crippen LogP) is 0.529. The fourth-order valence-corrected chi connectivity index (χ4v) is 1.47. The Morgan fingerprint density at radius 3 is 1.60 bits per heavy atom. The van der Waals surface area contributed by atoms with Gasteiger partial charge in [-0.25, -0.2) is 0 Å². The van der Waals surface area contributed by atoms with Gasteiger partial charge in [0.25, 0.3) is 0 Å². The highest BCUT2D eigenvalue weighted by Gasteiger charge is 2.50. The van der Waals surface area contributed by atoms with Crippen LogP contribution >= 0.6 is 0 Å². The lowest BCUT2D eigenvalue weighted by Crippen LogP contribution is -2.29. The number of ether oxygens (including phenoxy) is 5. The highest BCUT2D eigenvalue weighted by atomic mass is 16.8. The molecule has 0 spiro atoms. The van der Waals surface area contributed by atoms with Crippen molar-refractivity contribution >= 4 is 0 Å². The largest absolute Gasteiger partial charge is 0.370 e. The number of hydrogen-bond donors (Lipinski definition) is 0. The Morgan fingerprint density at radius 1 is 0.933 bits per heavy atom. The van der Waals surface area contributed by atoms with Gasteiger partial charge in [-0.3, -0.25) is 0 Å². The molecular weight excluding hydrogens is 200 g/mol. The van der Waals surface area contributed by atoms with E-state index in [9.17, 15) is 0 Å². The van der Waals surface area contributed by atoms with E-state index in [2.05, 4.69) is 0 Å². The van der Waals surface area contributed by atoms with Crippen molar-refractivity contribution in [1.29, 1.82) is 0 Å². The molecule has 0 aromatic carbocycles. The molecule has 0 aliphatic carbocycles. The van der Waals surface area contributed by atoms with E-state index < -0.39 is 11.6 Å². The lowest BCUT2D eigenvalue weighted by molar-refractivity contribution is -0.131. The van der Waals surface area contributed by atoms with Crippen molar-refractivity contribution in [2.45, 2.75) is 25.4 Å². The topological polar surface area (TPSA) is 52.8 Å². The zero-order valence-corrected chi connectivity index (χ0v) is 9.28. The molecule has 2 heterocycles. The molecule has 2 fully saturated rings. The summed E-state index contributed by atoms with van der Waals surface area (Å²) < 4.78 is 26.7. The van der Waals surface area contributed by atoms with Crippen LogP contribution in [0, 0.1) is 0 Å². The fourth-order valence-electron chi connectivity index (χ4n) is 1.47. The maximum absolute atomic E-state index is 5.49. The summed E-state index contributed by atoms with van der Waals surface area (Å²) in [7, 11) is 0. The molecule has 0 N–H and O–H groups in total. The minimum atomic E-state index is -0.489. The van der Waals surface area contributed by atoms with E-state index in [4.69, 9.17) is 23.7 Å². The Balaban J connectivity index is 1.62. The van der Waals surface area contributed by atoms with Crippen LogP contribution in [-0.4, -0.2) is 51.2 Å². The average Bonchev–Trinajstić information content (AvgIpc) is 3.08. The first-order chi connectivity index (χ1) is 7.24. The summed E-state index contributed by atoms with van der Waals surface area (Å²) >= 11 is 0. The number of hydrogen-bond acceptors (Lipinski definition) is 5. The minimum Gasteiger partial charge on any atom is -0.370 e. The van der Waals surface area contributed by atoms with Crippen LogP contribution in [0.2, 0.25) is 0 Å². The first-order valence-corrected chi connectivity index (χ1v) is 5.38. The third-order valence-electron chi connectivity index (χ3n) is 2.39. The maximum atomic E-state index is 5.49. The van der Waals surface area contributed by atoms with E-state index in [1.54, 1.807) is 0 Å². The van der Waals surface area contributed by atoms with Crippen LogP contribution in [0.1, 0.15) is 13.8 Å². The van der Waals surface area contributed by atoms with Crippen molar-refractivity contribution in [2.24, 2.45) is 0 Å². The van der Waals surface area contributed by atoms with Gasteiger partial charge in [0.05, 0.1) is 0 Å². The van der Waals surface area contributed by atoms with Gasteiger partial charge in [-0.1, -0.05) is 0 Å². The van der Waals surface area contributed by atoms with Crippen molar-refractivity contribution in [3.63, 3.8) is 0 Å². The summed E-state index contributed by atoms with van der Waals surface area (Å²) in [5, 5.41) is 0. The second-order valence-electron chi connectivity index (χ2n) is 3.76. The summed E-state index contributed by atoms with van der Waals surface area (Å²) in [4.78, 5) is 0. The second kappa shape index (κ2) is 4.35. The van der Waals surface area contributed by atoms with E-state index >= 15 is 0 Å². The van der Waals surface area contributed by atoms with Gasteiger partial charge in [0.2, 0.25) is 11.6 Å². The van der Waals surface area contributed by atoms with Crippen LogP contribution in [-0.2, 0) is 23.7 Å². The molecule has 2 aliphatic rings. The normalized spacial score (nSPS) is 38.0. The minimum absolute atomic E-state index is 0.443. The summed E-state index contributed by atoms with van der Waals surface area (Å²) in [5.41, 5.74) is 0. The molecular formula is C10H18O5. The highest BCUT2D eigenvalue weighted by Crippen LogP contribution is 2.32. The van der Waals surface area contributed by atoms with Crippen LogP contribution in [0.25, 0.3) is 0 Å². The Morgan fingerprint density at radius 2 is 1.33 bits per heavy atom. The monoisotopic (exact) mass is 218 g/mol. The third-order valence-corrected chi connectivity index (χ3v) is 2.39. The van der Waals surface area contributed by atoms with Gasteiger partial charge in [-0.15, -0.1) is 0 Å². The van der Waals surface area contributed by atoms with Gasteiger partial charge >= 0.3 is 0 Å². The summed E-state index contributed by atoms with van der Waals surface area (Å²) in [5.74, 6) is -0.978. The standard InChI is InChI=1S/C10H18O5/c1-3-12-9(7-14-9)5-11-6-10(8-15-10)13-4-2/h3-8H2,1-2H3. The molecule has 5 heteroatoms. The Labute approximate surface area is 89.6 Å². The Kier molecular flexibility index (Phi) is 3.27. The van der Waals surface area contributed by atoms with Gasteiger partial charge in [-0.05, 0) is 13.8 Å². The number of epoxide rings is 2. The van der Waals surface area contributed by atoms with Gasteiger partial charge in [0.1, 0.15) is 26.4 Å². The molecule has 15 heavy (non-hydrogen) atoms. The molecule has 2 atom stereocenters. The number of rotatable bonds is 8. The zero-order valence-electron chi connectivity index (χ0n) is 9.28. The van der Waals surface area contributed by atoms with Gasteiger partial charge in [0.15, 0.2) is 0 Å². The molecule has 0 radical (unpaired) electrons. The van der Waals surface area contributed by atoms with E-state index in [0.29, 0.717) is 39.6 Å². The van der Waals surface area contributed by atoms with Crippen molar-refractivity contribution in [2.75, 3.05) is 39.6 Å². The SMILES string of the molecule is CCOC1(COCC2(OCC)CO2)CO1. The first-order valence-electron chi connectivity index (χ1n) is 5.38. The molecule has 0 aromatic heterocycles. The van der Waals surface area contributed by atoms with Crippen molar-refractivity contribution in [1.82, 2.24) is 0 Å². The first kappa shape index (κ1) is 11.3. The van der Waals surface area contributed by atoms with E-state index in [1.165, 1.54) is 0 Å². The molecule has 2 aliphatic heterocycles. The van der Waals surface area contributed by atoms with Crippen molar-refractivity contribution in [3.8, 4) is 0 Å². The summed E-state index contributed by atoms with van der Waals surface area (Å²) in [6.07, 6.45) is 0. The van der Waals surface area contributed by atoms with Crippen LogP contribution in [0.3, 0.4) is 0 Å². The molecule has 2 rings (SSSR count). The molecule has 5 nitrogen and oxygen atoms in total. The average molecular weight is 218 g/mol. The molecule has 2 saturated heterocycles. The molecule has 0 saturated carbocycles. The lowest BCUT2D eigenvalue weighted by atomic mass is 10.4. The van der Waals surface area contributed by atoms with Crippen LogP contribution in [0.4, 0.5) is 0 Å². The Bertz CT molecular complexity index is 188. The molecule has 0 amide bonds. The van der Waals surface area contributed by atoms with Gasteiger partial charge in [0, 0.05) is 13.2 Å². The zero-order chi connectivity index (χ0) is 10.8. The van der Waals surface area contributed by atoms with E-state index in [-0.39, 0.29) is 0 Å². The highest BCUT2D eigenvalue weighted by molar-refractivity contribution is 4.85. The fraction of sp³-hybridized carbons (Fsp3) is 1.00. The Hall–Kier alpha value is -0.200. The van der Waals surface area contributed by atoms with Crippen LogP contribution in [0.5, 0.6) is 0 Å². The predicted molar refractivity (Wildman–Crippen MR) is 51.4 cm³/mol. The van der Waals surface area contributed by atoms with E-state index in [0.717, 1.165) is 0 Å². The second-order valence-corrected chi connectivity index (χ2v) is 3.76. The van der Waals surface area contributed by atoms with Crippen LogP contribution in [0.15, 0.2) is 0 Å². The molecule has 0 aromatic rings. The molecule has 0 bridgehead atoms. The van der Waals surface area contributed by atoms with E-state index in [1.807, 2.05) is 13.8 Å². The quantitative estimate of drug-likeness (QED) is 0.556. The lowest BCUT2D eigenvalue weighted by Gasteiger charge is -2.15. The molecule has 88 valence electrons. The molecule has 2 unspecified atom stereocenters.